The number of anilines is 2. The number of ether oxygens (including phenoxy) is 2. The SMILES string of the molecule is COc1nc(NC(=O)NS(=O)(=O)c2cccc3c2OCC3)nc(N(C)C)n1. The molecule has 0 unspecified atom stereocenters. The Labute approximate surface area is 155 Å². The molecule has 27 heavy (non-hydrogen) atoms. The first-order valence-corrected chi connectivity index (χ1v) is 9.34. The maximum Gasteiger partial charge on any atom is 0.335 e. The van der Waals surface area contributed by atoms with Gasteiger partial charge in [0, 0.05) is 20.5 Å². The number of fused-ring (bicyclic) bond motifs is 1. The van der Waals surface area contributed by atoms with Crippen molar-refractivity contribution < 1.29 is 22.7 Å². The Balaban J connectivity index is 1.80. The summed E-state index contributed by atoms with van der Waals surface area (Å²) in [6.45, 7) is 0.395. The average Bonchev–Trinajstić information content (AvgIpc) is 3.09. The highest BCUT2D eigenvalue weighted by molar-refractivity contribution is 7.90. The van der Waals surface area contributed by atoms with Crippen LogP contribution in [0, 0.1) is 0 Å². The largest absolute Gasteiger partial charge is 0.492 e. The second kappa shape index (κ2) is 7.23. The highest BCUT2D eigenvalue weighted by Crippen LogP contribution is 2.32. The molecule has 2 amide bonds. The predicted molar refractivity (Wildman–Crippen MR) is 95.7 cm³/mol. The van der Waals surface area contributed by atoms with Gasteiger partial charge in [0.05, 0.1) is 13.7 Å². The zero-order valence-corrected chi connectivity index (χ0v) is 15.7. The highest BCUT2D eigenvalue weighted by Gasteiger charge is 2.27. The van der Waals surface area contributed by atoms with Crippen LogP contribution in [0.25, 0.3) is 0 Å². The van der Waals surface area contributed by atoms with Crippen molar-refractivity contribution >= 4 is 28.0 Å². The van der Waals surface area contributed by atoms with Crippen molar-refractivity contribution in [2.24, 2.45) is 0 Å². The van der Waals surface area contributed by atoms with Gasteiger partial charge in [-0.1, -0.05) is 12.1 Å². The number of sulfonamides is 1. The van der Waals surface area contributed by atoms with Crippen molar-refractivity contribution in [1.82, 2.24) is 19.7 Å². The maximum atomic E-state index is 12.6. The number of nitrogens with one attached hydrogen (secondary N) is 2. The fourth-order valence-corrected chi connectivity index (χ4v) is 3.49. The summed E-state index contributed by atoms with van der Waals surface area (Å²) in [4.78, 5) is 25.5. The van der Waals surface area contributed by atoms with E-state index in [1.54, 1.807) is 31.1 Å². The molecule has 0 fully saturated rings. The molecule has 3 rings (SSSR count). The van der Waals surface area contributed by atoms with Gasteiger partial charge in [0.25, 0.3) is 10.0 Å². The smallest absolute Gasteiger partial charge is 0.335 e. The van der Waals surface area contributed by atoms with Gasteiger partial charge in [-0.3, -0.25) is 5.32 Å². The Kier molecular flexibility index (Phi) is 4.99. The normalized spacial score (nSPS) is 12.7. The minimum absolute atomic E-state index is 0.0267. The van der Waals surface area contributed by atoms with Crippen LogP contribution < -0.4 is 24.4 Å². The van der Waals surface area contributed by atoms with E-state index in [9.17, 15) is 13.2 Å². The lowest BCUT2D eigenvalue weighted by Crippen LogP contribution is -2.35. The molecular formula is C15H18N6O5S. The monoisotopic (exact) mass is 394 g/mol. The number of amides is 2. The van der Waals surface area contributed by atoms with E-state index in [1.165, 1.54) is 13.2 Å². The van der Waals surface area contributed by atoms with Crippen molar-refractivity contribution in [3.63, 3.8) is 0 Å². The summed E-state index contributed by atoms with van der Waals surface area (Å²) in [7, 11) is 0.600. The Morgan fingerprint density at radius 1 is 1.26 bits per heavy atom. The van der Waals surface area contributed by atoms with Crippen LogP contribution in [0.1, 0.15) is 5.56 Å². The van der Waals surface area contributed by atoms with Gasteiger partial charge < -0.3 is 14.4 Å². The number of benzene rings is 1. The van der Waals surface area contributed by atoms with Gasteiger partial charge >= 0.3 is 12.0 Å². The van der Waals surface area contributed by atoms with Crippen LogP contribution in [0.5, 0.6) is 11.8 Å². The van der Waals surface area contributed by atoms with Crippen molar-refractivity contribution in [2.75, 3.05) is 38.0 Å². The van der Waals surface area contributed by atoms with Crippen LogP contribution in [0.4, 0.5) is 16.7 Å². The summed E-state index contributed by atoms with van der Waals surface area (Å²) in [6, 6.07) is 3.70. The summed E-state index contributed by atoms with van der Waals surface area (Å²) < 4.78 is 37.4. The maximum absolute atomic E-state index is 12.6. The predicted octanol–water partition coefficient (Wildman–Crippen LogP) is 0.391. The third-order valence-electron chi connectivity index (χ3n) is 3.61. The van der Waals surface area contributed by atoms with Crippen molar-refractivity contribution in [3.8, 4) is 11.8 Å². The third kappa shape index (κ3) is 4.00. The van der Waals surface area contributed by atoms with Crippen LogP contribution in [-0.2, 0) is 16.4 Å². The number of carbonyl (C=O) groups excluding carboxylic acids is 1. The Hall–Kier alpha value is -3.15. The number of carbonyl (C=O) groups is 1. The van der Waals surface area contributed by atoms with Crippen molar-refractivity contribution in [3.05, 3.63) is 23.8 Å². The lowest BCUT2D eigenvalue weighted by molar-refractivity contribution is 0.256. The molecule has 11 nitrogen and oxygen atoms in total. The summed E-state index contributed by atoms with van der Waals surface area (Å²) in [6.07, 6.45) is 0.614. The van der Waals surface area contributed by atoms with Gasteiger partial charge in [-0.05, 0) is 11.6 Å². The zero-order chi connectivity index (χ0) is 19.6. The molecule has 1 aliphatic rings. The van der Waals surface area contributed by atoms with Crippen LogP contribution in [0.2, 0.25) is 0 Å². The van der Waals surface area contributed by atoms with E-state index in [1.807, 2.05) is 4.72 Å². The number of hydrogen-bond donors (Lipinski definition) is 2. The molecule has 0 bridgehead atoms. The number of urea groups is 1. The molecule has 12 heteroatoms. The number of nitrogens with zero attached hydrogens (tertiary/aromatic N) is 4. The summed E-state index contributed by atoms with van der Waals surface area (Å²) in [5.74, 6) is 0.330. The minimum Gasteiger partial charge on any atom is -0.492 e. The van der Waals surface area contributed by atoms with E-state index in [-0.39, 0.29) is 28.6 Å². The quantitative estimate of drug-likeness (QED) is 0.738. The van der Waals surface area contributed by atoms with Crippen LogP contribution in [0.3, 0.4) is 0 Å². The molecule has 0 aliphatic carbocycles. The van der Waals surface area contributed by atoms with E-state index >= 15 is 0 Å². The molecule has 0 atom stereocenters. The van der Waals surface area contributed by atoms with E-state index < -0.39 is 16.1 Å². The molecule has 1 aromatic heterocycles. The van der Waals surface area contributed by atoms with Gasteiger partial charge in [-0.15, -0.1) is 0 Å². The molecule has 2 N–H and O–H groups in total. The molecule has 0 saturated heterocycles. The molecule has 1 aliphatic heterocycles. The van der Waals surface area contributed by atoms with Gasteiger partial charge in [0.2, 0.25) is 11.9 Å². The molecule has 0 saturated carbocycles. The first kappa shape index (κ1) is 18.6. The van der Waals surface area contributed by atoms with Gasteiger partial charge in [0.1, 0.15) is 10.6 Å². The van der Waals surface area contributed by atoms with E-state index in [0.717, 1.165) is 5.56 Å². The number of aromatic nitrogens is 3. The highest BCUT2D eigenvalue weighted by atomic mass is 32.2. The van der Waals surface area contributed by atoms with Crippen molar-refractivity contribution in [1.29, 1.82) is 0 Å². The number of rotatable bonds is 5. The first-order chi connectivity index (χ1) is 12.8. The zero-order valence-electron chi connectivity index (χ0n) is 14.9. The van der Waals surface area contributed by atoms with Crippen LogP contribution in [-0.4, -0.2) is 57.2 Å². The molecule has 2 heterocycles. The van der Waals surface area contributed by atoms with Gasteiger partial charge in [-0.25, -0.2) is 17.9 Å². The lowest BCUT2D eigenvalue weighted by atomic mass is 10.2. The Bertz CT molecular complexity index is 979. The molecule has 0 spiro atoms. The lowest BCUT2D eigenvalue weighted by Gasteiger charge is -2.13. The average molecular weight is 394 g/mol. The van der Waals surface area contributed by atoms with Crippen LogP contribution >= 0.6 is 0 Å². The van der Waals surface area contributed by atoms with Gasteiger partial charge in [-0.2, -0.15) is 15.0 Å². The van der Waals surface area contributed by atoms with Gasteiger partial charge in [0.15, 0.2) is 0 Å². The van der Waals surface area contributed by atoms with Crippen LogP contribution in [0.15, 0.2) is 23.1 Å². The van der Waals surface area contributed by atoms with E-state index in [0.29, 0.717) is 13.0 Å². The number of hydrogen-bond acceptors (Lipinski definition) is 9. The molecule has 144 valence electrons. The van der Waals surface area contributed by atoms with E-state index in [2.05, 4.69) is 20.3 Å². The molecule has 1 aromatic carbocycles. The first-order valence-electron chi connectivity index (χ1n) is 7.86. The molecule has 0 radical (unpaired) electrons. The minimum atomic E-state index is -4.15. The standard InChI is InChI=1S/C15H18N6O5S/c1-21(2)13-16-12(18-15(19-13)25-3)17-14(22)20-27(23,24)10-6-4-5-9-7-8-26-11(9)10/h4-6H,7-8H2,1-3H3,(H2,16,17,18,19,20,22). The Morgan fingerprint density at radius 3 is 2.74 bits per heavy atom. The Morgan fingerprint density at radius 2 is 2.04 bits per heavy atom. The topological polar surface area (TPSA) is 136 Å². The second-order valence-corrected chi connectivity index (χ2v) is 7.39. The second-order valence-electron chi connectivity index (χ2n) is 5.74. The van der Waals surface area contributed by atoms with Crippen molar-refractivity contribution in [2.45, 2.75) is 11.3 Å². The summed E-state index contributed by atoms with van der Waals surface area (Å²) in [5.41, 5.74) is 0.774. The fraction of sp³-hybridized carbons (Fsp3) is 0.333. The number of methoxy groups -OCH3 is 1. The third-order valence-corrected chi connectivity index (χ3v) is 4.96. The molecular weight excluding hydrogens is 376 g/mol. The fourth-order valence-electron chi connectivity index (χ4n) is 2.39. The summed E-state index contributed by atoms with van der Waals surface area (Å²) >= 11 is 0. The molecule has 2 aromatic rings. The van der Waals surface area contributed by atoms with E-state index in [4.69, 9.17) is 9.47 Å². The number of para-hydroxylation sites is 1. The summed E-state index contributed by atoms with van der Waals surface area (Å²) in [5, 5.41) is 2.27.